The number of amides is 2. The van der Waals surface area contributed by atoms with Crippen molar-refractivity contribution in [2.45, 2.75) is 32.2 Å². The van der Waals surface area contributed by atoms with E-state index in [1.807, 2.05) is 24.3 Å². The molecule has 150 valence electrons. The minimum Gasteiger partial charge on any atom is -0.497 e. The van der Waals surface area contributed by atoms with Crippen LogP contribution in [0.25, 0.3) is 0 Å². The zero-order chi connectivity index (χ0) is 20.6. The molecule has 0 saturated heterocycles. The number of carbonyl (C=O) groups is 2. The molecule has 0 radical (unpaired) electrons. The van der Waals surface area contributed by atoms with Crippen molar-refractivity contribution in [1.29, 1.82) is 5.26 Å². The maximum atomic E-state index is 12.5. The quantitative estimate of drug-likeness (QED) is 0.787. The van der Waals surface area contributed by atoms with E-state index in [0.717, 1.165) is 11.3 Å². The number of carbonyl (C=O) groups excluding carboxylic acids is 2. The van der Waals surface area contributed by atoms with Gasteiger partial charge in [0.2, 0.25) is 11.8 Å². The van der Waals surface area contributed by atoms with Crippen LogP contribution in [0.5, 0.6) is 5.75 Å². The molecule has 6 heteroatoms. The summed E-state index contributed by atoms with van der Waals surface area (Å²) in [5, 5.41) is 14.7. The van der Waals surface area contributed by atoms with Crippen molar-refractivity contribution in [2.75, 3.05) is 12.4 Å². The highest BCUT2D eigenvalue weighted by molar-refractivity contribution is 5.92. The van der Waals surface area contributed by atoms with Crippen molar-refractivity contribution >= 4 is 17.5 Å². The fraction of sp³-hybridized carbons (Fsp3) is 0.348. The van der Waals surface area contributed by atoms with E-state index in [1.165, 1.54) is 0 Å². The normalized spacial score (nSPS) is 18.3. The zero-order valence-corrected chi connectivity index (χ0v) is 16.5. The molecule has 1 fully saturated rings. The van der Waals surface area contributed by atoms with Crippen LogP contribution in [0.4, 0.5) is 5.69 Å². The number of nitriles is 1. The predicted molar refractivity (Wildman–Crippen MR) is 110 cm³/mol. The van der Waals surface area contributed by atoms with E-state index in [4.69, 9.17) is 10.00 Å². The third kappa shape index (κ3) is 5.58. The van der Waals surface area contributed by atoms with Gasteiger partial charge in [-0.3, -0.25) is 9.59 Å². The molecule has 2 amide bonds. The van der Waals surface area contributed by atoms with E-state index in [1.54, 1.807) is 31.4 Å². The van der Waals surface area contributed by atoms with E-state index >= 15 is 0 Å². The Bertz CT molecular complexity index is 877. The number of rotatable bonds is 6. The lowest BCUT2D eigenvalue weighted by Gasteiger charge is -2.27. The van der Waals surface area contributed by atoms with Crippen molar-refractivity contribution < 1.29 is 14.3 Å². The molecule has 29 heavy (non-hydrogen) atoms. The Morgan fingerprint density at radius 1 is 0.966 bits per heavy atom. The molecule has 6 nitrogen and oxygen atoms in total. The lowest BCUT2D eigenvalue weighted by molar-refractivity contribution is -0.128. The Hall–Kier alpha value is -3.33. The summed E-state index contributed by atoms with van der Waals surface area (Å²) in [4.78, 5) is 24.9. The molecule has 0 aromatic heterocycles. The van der Waals surface area contributed by atoms with Crippen LogP contribution >= 0.6 is 0 Å². The van der Waals surface area contributed by atoms with Gasteiger partial charge in [0.15, 0.2) is 0 Å². The maximum absolute atomic E-state index is 12.5. The second kappa shape index (κ2) is 9.74. The van der Waals surface area contributed by atoms with Gasteiger partial charge in [0.25, 0.3) is 0 Å². The molecule has 2 aromatic rings. The van der Waals surface area contributed by atoms with Crippen molar-refractivity contribution in [2.24, 2.45) is 11.8 Å². The van der Waals surface area contributed by atoms with Crippen molar-refractivity contribution in [1.82, 2.24) is 5.32 Å². The molecule has 0 unspecified atom stereocenters. The number of ether oxygens (including phenoxy) is 1. The van der Waals surface area contributed by atoms with Gasteiger partial charge in [0, 0.05) is 24.1 Å². The van der Waals surface area contributed by atoms with Gasteiger partial charge < -0.3 is 15.4 Å². The molecule has 3 rings (SSSR count). The van der Waals surface area contributed by atoms with Crippen LogP contribution in [0, 0.1) is 23.2 Å². The van der Waals surface area contributed by atoms with Crippen LogP contribution in [-0.4, -0.2) is 18.9 Å². The average Bonchev–Trinajstić information content (AvgIpc) is 2.78. The Kier molecular flexibility index (Phi) is 6.85. The molecule has 2 aromatic carbocycles. The van der Waals surface area contributed by atoms with Gasteiger partial charge in [-0.1, -0.05) is 12.1 Å². The van der Waals surface area contributed by atoms with Gasteiger partial charge in [0.1, 0.15) is 5.75 Å². The lowest BCUT2D eigenvalue weighted by atomic mass is 9.81. The first kappa shape index (κ1) is 20.4. The maximum Gasteiger partial charge on any atom is 0.227 e. The monoisotopic (exact) mass is 391 g/mol. The van der Waals surface area contributed by atoms with Crippen molar-refractivity contribution in [3.05, 3.63) is 59.7 Å². The summed E-state index contributed by atoms with van der Waals surface area (Å²) in [7, 11) is 1.62. The fourth-order valence-corrected chi connectivity index (χ4v) is 3.57. The van der Waals surface area contributed by atoms with Crippen LogP contribution in [0.15, 0.2) is 48.5 Å². The van der Waals surface area contributed by atoms with Gasteiger partial charge >= 0.3 is 0 Å². The molecular weight excluding hydrogens is 366 g/mol. The predicted octanol–water partition coefficient (Wildman–Crippen LogP) is 3.63. The molecule has 0 aliphatic heterocycles. The molecule has 0 atom stereocenters. The summed E-state index contributed by atoms with van der Waals surface area (Å²) >= 11 is 0. The van der Waals surface area contributed by atoms with Crippen LogP contribution in [-0.2, 0) is 16.1 Å². The largest absolute Gasteiger partial charge is 0.497 e. The molecule has 0 bridgehead atoms. The highest BCUT2D eigenvalue weighted by Gasteiger charge is 2.29. The third-order valence-electron chi connectivity index (χ3n) is 5.38. The van der Waals surface area contributed by atoms with E-state index in [2.05, 4.69) is 16.7 Å². The third-order valence-corrected chi connectivity index (χ3v) is 5.38. The summed E-state index contributed by atoms with van der Waals surface area (Å²) in [6.07, 6.45) is 2.81. The second-order valence-electron chi connectivity index (χ2n) is 7.29. The molecule has 1 aliphatic rings. The van der Waals surface area contributed by atoms with Crippen LogP contribution in [0.3, 0.4) is 0 Å². The number of nitrogens with zero attached hydrogens (tertiary/aromatic N) is 1. The standard InChI is InChI=1S/C23H25N3O3/c1-29-21-12-4-17(5-13-21)15-25-22(27)18-6-8-19(9-7-18)23(28)26-20-10-2-16(14-24)3-11-20/h2-5,10-13,18-19H,6-9,15H2,1H3,(H,25,27)(H,26,28). The Labute approximate surface area is 170 Å². The lowest BCUT2D eigenvalue weighted by Crippen LogP contribution is -2.35. The summed E-state index contributed by atoms with van der Waals surface area (Å²) < 4.78 is 5.13. The number of hydrogen-bond acceptors (Lipinski definition) is 4. The highest BCUT2D eigenvalue weighted by atomic mass is 16.5. The SMILES string of the molecule is COc1ccc(CNC(=O)C2CCC(C(=O)Nc3ccc(C#N)cc3)CC2)cc1. The highest BCUT2D eigenvalue weighted by Crippen LogP contribution is 2.30. The smallest absolute Gasteiger partial charge is 0.227 e. The van der Waals surface area contributed by atoms with Crippen molar-refractivity contribution in [3.63, 3.8) is 0 Å². The first-order valence-electron chi connectivity index (χ1n) is 9.80. The fourth-order valence-electron chi connectivity index (χ4n) is 3.57. The topological polar surface area (TPSA) is 91.2 Å². The number of anilines is 1. The van der Waals surface area contributed by atoms with Gasteiger partial charge in [0.05, 0.1) is 18.7 Å². The number of nitrogens with one attached hydrogen (secondary N) is 2. The summed E-state index contributed by atoms with van der Waals surface area (Å²) in [5.74, 6) is 0.680. The second-order valence-corrected chi connectivity index (χ2v) is 7.29. The Morgan fingerprint density at radius 2 is 1.55 bits per heavy atom. The first-order valence-corrected chi connectivity index (χ1v) is 9.80. The zero-order valence-electron chi connectivity index (χ0n) is 16.5. The Balaban J connectivity index is 1.43. The average molecular weight is 391 g/mol. The van der Waals surface area contributed by atoms with E-state index in [9.17, 15) is 9.59 Å². The van der Waals surface area contributed by atoms with Gasteiger partial charge in [-0.15, -0.1) is 0 Å². The summed E-state index contributed by atoms with van der Waals surface area (Å²) in [6, 6.07) is 16.5. The number of benzene rings is 2. The summed E-state index contributed by atoms with van der Waals surface area (Å²) in [6.45, 7) is 0.488. The molecule has 0 spiro atoms. The van der Waals surface area contributed by atoms with Crippen LogP contribution in [0.1, 0.15) is 36.8 Å². The van der Waals surface area contributed by atoms with Crippen LogP contribution < -0.4 is 15.4 Å². The molecule has 0 heterocycles. The molecular formula is C23H25N3O3. The van der Waals surface area contributed by atoms with E-state index in [-0.39, 0.29) is 23.7 Å². The van der Waals surface area contributed by atoms with Crippen LogP contribution in [0.2, 0.25) is 0 Å². The minimum atomic E-state index is -0.0868. The summed E-state index contributed by atoms with van der Waals surface area (Å²) in [5.41, 5.74) is 2.27. The molecule has 2 N–H and O–H groups in total. The van der Waals surface area contributed by atoms with Gasteiger partial charge in [-0.05, 0) is 67.6 Å². The molecule has 1 aliphatic carbocycles. The first-order chi connectivity index (χ1) is 14.1. The Morgan fingerprint density at radius 3 is 2.10 bits per heavy atom. The minimum absolute atomic E-state index is 0.0215. The molecule has 1 saturated carbocycles. The van der Waals surface area contributed by atoms with E-state index < -0.39 is 0 Å². The van der Waals surface area contributed by atoms with Gasteiger partial charge in [-0.25, -0.2) is 0 Å². The number of hydrogen-bond donors (Lipinski definition) is 2. The van der Waals surface area contributed by atoms with Gasteiger partial charge in [-0.2, -0.15) is 5.26 Å². The number of methoxy groups -OCH3 is 1. The van der Waals surface area contributed by atoms with Crippen molar-refractivity contribution in [3.8, 4) is 11.8 Å². The van der Waals surface area contributed by atoms with E-state index in [0.29, 0.717) is 43.5 Å².